The van der Waals surface area contributed by atoms with Crippen molar-refractivity contribution in [3.8, 4) is 0 Å². The van der Waals surface area contributed by atoms with Crippen molar-refractivity contribution >= 4 is 11.7 Å². The molecule has 0 spiro atoms. The van der Waals surface area contributed by atoms with Gasteiger partial charge in [-0.25, -0.2) is 4.79 Å². The van der Waals surface area contributed by atoms with E-state index in [0.29, 0.717) is 18.3 Å². The molecule has 222 valence electrons. The van der Waals surface area contributed by atoms with Gasteiger partial charge in [0.1, 0.15) is 0 Å². The van der Waals surface area contributed by atoms with E-state index in [1.54, 1.807) is 0 Å². The van der Waals surface area contributed by atoms with Crippen LogP contribution >= 0.6 is 0 Å². The molecule has 1 aliphatic heterocycles. The summed E-state index contributed by atoms with van der Waals surface area (Å²) >= 11 is 0. The Morgan fingerprint density at radius 1 is 0.952 bits per heavy atom. The van der Waals surface area contributed by atoms with Crippen LogP contribution in [-0.2, 0) is 22.6 Å². The minimum atomic E-state index is -0.552. The summed E-state index contributed by atoms with van der Waals surface area (Å²) in [4.78, 5) is 15.0. The van der Waals surface area contributed by atoms with Gasteiger partial charge in [-0.3, -0.25) is 4.90 Å². The second kappa shape index (κ2) is 14.6. The third-order valence-electron chi connectivity index (χ3n) is 8.48. The van der Waals surface area contributed by atoms with Gasteiger partial charge in [-0.2, -0.15) is 0 Å². The maximum absolute atomic E-state index is 12.5. The Morgan fingerprint density at radius 2 is 1.64 bits per heavy atom. The first-order valence-corrected chi connectivity index (χ1v) is 15.1. The number of urea groups is 1. The van der Waals surface area contributed by atoms with Crippen LogP contribution in [0.5, 0.6) is 0 Å². The van der Waals surface area contributed by atoms with Crippen molar-refractivity contribution in [3.63, 3.8) is 0 Å². The van der Waals surface area contributed by atoms with Crippen LogP contribution in [0, 0.1) is 5.92 Å². The number of hydrogen-bond donors (Lipinski definition) is 3. The number of benzene rings is 3. The van der Waals surface area contributed by atoms with Crippen LogP contribution in [0.15, 0.2) is 91.5 Å². The highest BCUT2D eigenvalue weighted by atomic mass is 16.7. The summed E-state index contributed by atoms with van der Waals surface area (Å²) in [6, 6.07) is 25.8. The van der Waals surface area contributed by atoms with E-state index < -0.39 is 6.29 Å². The van der Waals surface area contributed by atoms with Crippen molar-refractivity contribution in [3.05, 3.63) is 114 Å². The number of carbonyl (C=O) groups is 1. The molecule has 3 aromatic carbocycles. The van der Waals surface area contributed by atoms with Crippen molar-refractivity contribution in [2.45, 2.75) is 70.3 Å². The Kier molecular flexibility index (Phi) is 10.4. The smallest absolute Gasteiger partial charge is 0.319 e. The molecule has 2 aliphatic rings. The van der Waals surface area contributed by atoms with E-state index >= 15 is 0 Å². The average Bonchev–Trinajstić information content (AvgIpc) is 3.57. The number of nitrogens with one attached hydrogen (secondary N) is 2. The highest BCUT2D eigenvalue weighted by Crippen LogP contribution is 2.42. The van der Waals surface area contributed by atoms with E-state index in [2.05, 4.69) is 29.0 Å². The van der Waals surface area contributed by atoms with Gasteiger partial charge in [0, 0.05) is 42.8 Å². The van der Waals surface area contributed by atoms with Crippen molar-refractivity contribution in [2.75, 3.05) is 18.4 Å². The highest BCUT2D eigenvalue weighted by Gasteiger charge is 2.40. The molecule has 1 saturated heterocycles. The maximum atomic E-state index is 12.5. The lowest BCUT2D eigenvalue weighted by Crippen LogP contribution is -2.47. The summed E-state index contributed by atoms with van der Waals surface area (Å²) in [6.07, 6.45) is 6.20. The highest BCUT2D eigenvalue weighted by molar-refractivity contribution is 5.89. The summed E-state index contributed by atoms with van der Waals surface area (Å²) < 4.78 is 13.3. The zero-order chi connectivity index (χ0) is 29.3. The lowest BCUT2D eigenvalue weighted by atomic mass is 9.89. The predicted octanol–water partition coefficient (Wildman–Crippen LogP) is 6.72. The summed E-state index contributed by atoms with van der Waals surface area (Å²) in [7, 11) is 0. The lowest BCUT2D eigenvalue weighted by molar-refractivity contribution is -0.276. The van der Waals surface area contributed by atoms with Gasteiger partial charge in [-0.15, -0.1) is 6.58 Å². The minimum Gasteiger partial charge on any atom is -0.392 e. The van der Waals surface area contributed by atoms with Gasteiger partial charge in [0.25, 0.3) is 0 Å². The molecule has 1 saturated carbocycles. The van der Waals surface area contributed by atoms with Crippen molar-refractivity contribution in [2.24, 2.45) is 5.92 Å². The number of hydrogen-bond acceptors (Lipinski definition) is 5. The number of ether oxygens (including phenoxy) is 2. The van der Waals surface area contributed by atoms with Crippen molar-refractivity contribution in [1.29, 1.82) is 0 Å². The molecule has 4 atom stereocenters. The van der Waals surface area contributed by atoms with E-state index in [4.69, 9.17) is 9.47 Å². The molecule has 7 heteroatoms. The van der Waals surface area contributed by atoms with Crippen LogP contribution in [0.25, 0.3) is 0 Å². The Balaban J connectivity index is 1.30. The fraction of sp³-hybridized carbons (Fsp3) is 0.400. The SMILES string of the molecule is C=CCN(CC1OC(c2ccc(NC(=O)NCc3ccccc3)cc2)OC(c2ccc(CO)cc2)C1C)C1CCCC1. The van der Waals surface area contributed by atoms with Gasteiger partial charge >= 0.3 is 6.03 Å². The third kappa shape index (κ3) is 7.66. The number of amides is 2. The van der Waals surface area contributed by atoms with Gasteiger partial charge in [0.05, 0.1) is 18.8 Å². The monoisotopic (exact) mass is 569 g/mol. The number of rotatable bonds is 11. The Bertz CT molecular complexity index is 1280. The third-order valence-corrected chi connectivity index (χ3v) is 8.48. The van der Waals surface area contributed by atoms with E-state index in [1.807, 2.05) is 84.9 Å². The van der Waals surface area contributed by atoms with Crippen LogP contribution < -0.4 is 10.6 Å². The van der Waals surface area contributed by atoms with Crippen molar-refractivity contribution in [1.82, 2.24) is 10.2 Å². The van der Waals surface area contributed by atoms with E-state index in [0.717, 1.165) is 35.3 Å². The quantitative estimate of drug-likeness (QED) is 0.223. The van der Waals surface area contributed by atoms with Gasteiger partial charge < -0.3 is 25.2 Å². The molecule has 5 rings (SSSR count). The molecule has 1 heterocycles. The largest absolute Gasteiger partial charge is 0.392 e. The van der Waals surface area contributed by atoms with Gasteiger partial charge in [0.2, 0.25) is 0 Å². The van der Waals surface area contributed by atoms with Crippen LogP contribution in [0.3, 0.4) is 0 Å². The summed E-state index contributed by atoms with van der Waals surface area (Å²) in [5.41, 5.74) is 4.58. The van der Waals surface area contributed by atoms with Crippen LogP contribution in [0.1, 0.15) is 67.3 Å². The molecular formula is C35H43N3O4. The fourth-order valence-electron chi connectivity index (χ4n) is 6.04. The van der Waals surface area contributed by atoms with E-state index in [9.17, 15) is 9.90 Å². The molecule has 2 fully saturated rings. The molecule has 1 aliphatic carbocycles. The molecular weight excluding hydrogens is 526 g/mol. The summed E-state index contributed by atoms with van der Waals surface area (Å²) in [5, 5.41) is 15.3. The number of carbonyl (C=O) groups excluding carboxylic acids is 1. The fourth-order valence-corrected chi connectivity index (χ4v) is 6.04. The molecule has 0 bridgehead atoms. The van der Waals surface area contributed by atoms with E-state index in [-0.39, 0.29) is 30.8 Å². The van der Waals surface area contributed by atoms with Gasteiger partial charge in [-0.1, -0.05) is 92.6 Å². The Hall–Kier alpha value is -3.49. The zero-order valence-corrected chi connectivity index (χ0v) is 24.5. The molecule has 0 aromatic heterocycles. The molecule has 42 heavy (non-hydrogen) atoms. The number of aliphatic hydroxyl groups excluding tert-OH is 1. The normalized spacial score (nSPS) is 22.6. The van der Waals surface area contributed by atoms with Gasteiger partial charge in [-0.05, 0) is 41.7 Å². The Labute approximate surface area is 249 Å². The molecule has 0 radical (unpaired) electrons. The minimum absolute atomic E-state index is 0.0122. The van der Waals surface area contributed by atoms with Crippen LogP contribution in [-0.4, -0.2) is 41.3 Å². The predicted molar refractivity (Wildman–Crippen MR) is 166 cm³/mol. The molecule has 7 nitrogen and oxygen atoms in total. The van der Waals surface area contributed by atoms with Crippen LogP contribution in [0.4, 0.5) is 10.5 Å². The number of anilines is 1. The van der Waals surface area contributed by atoms with Gasteiger partial charge in [0.15, 0.2) is 6.29 Å². The summed E-state index contributed by atoms with van der Waals surface area (Å²) in [6.45, 7) is 8.34. The molecule has 4 unspecified atom stereocenters. The van der Waals surface area contributed by atoms with E-state index in [1.165, 1.54) is 25.7 Å². The summed E-state index contributed by atoms with van der Waals surface area (Å²) in [5.74, 6) is 0.115. The first-order chi connectivity index (χ1) is 20.5. The average molecular weight is 570 g/mol. The molecule has 2 amide bonds. The molecule has 3 aromatic rings. The first kappa shape index (κ1) is 30.0. The number of nitrogens with zero attached hydrogens (tertiary/aromatic N) is 1. The maximum Gasteiger partial charge on any atom is 0.319 e. The second-order valence-corrected chi connectivity index (χ2v) is 11.4. The first-order valence-electron chi connectivity index (χ1n) is 15.1. The second-order valence-electron chi connectivity index (χ2n) is 11.4. The Morgan fingerprint density at radius 3 is 2.31 bits per heavy atom. The topological polar surface area (TPSA) is 83.1 Å². The van der Waals surface area contributed by atoms with Crippen molar-refractivity contribution < 1.29 is 19.4 Å². The zero-order valence-electron chi connectivity index (χ0n) is 24.5. The lowest BCUT2D eigenvalue weighted by Gasteiger charge is -2.43. The standard InChI is InChI=1S/C35H43N3O4/c1-3-21-38(31-11-7-8-12-31)23-32-25(2)33(28-15-13-27(24-39)14-16-28)42-34(41-32)29-17-19-30(20-18-29)37-35(40)36-22-26-9-5-4-6-10-26/h3-6,9-10,13-20,25,31-34,39H,1,7-8,11-12,21-24H2,2H3,(H2,36,37,40). The number of aliphatic hydroxyl groups is 1. The van der Waals surface area contributed by atoms with Crippen LogP contribution in [0.2, 0.25) is 0 Å². The molecule has 3 N–H and O–H groups in total.